The Morgan fingerprint density at radius 2 is 2.00 bits per heavy atom. The highest BCUT2D eigenvalue weighted by Crippen LogP contribution is 2.36. The number of thioether (sulfide) groups is 1. The molecule has 1 saturated carbocycles. The van der Waals surface area contributed by atoms with Crippen molar-refractivity contribution in [3.8, 4) is 0 Å². The summed E-state index contributed by atoms with van der Waals surface area (Å²) in [5.41, 5.74) is -0.368. The van der Waals surface area contributed by atoms with Crippen molar-refractivity contribution in [2.45, 2.75) is 55.7 Å². The Labute approximate surface area is 171 Å². The van der Waals surface area contributed by atoms with E-state index in [1.807, 2.05) is 6.07 Å². The van der Waals surface area contributed by atoms with Gasteiger partial charge in [0.2, 0.25) is 5.91 Å². The Kier molecular flexibility index (Phi) is 5.92. The van der Waals surface area contributed by atoms with Gasteiger partial charge in [-0.05, 0) is 36.6 Å². The summed E-state index contributed by atoms with van der Waals surface area (Å²) in [6, 6.07) is 9.11. The fourth-order valence-corrected chi connectivity index (χ4v) is 5.27. The number of fused-ring (bicyclic) bond motifs is 1. The van der Waals surface area contributed by atoms with Crippen LogP contribution in [0, 0.1) is 5.92 Å². The first-order valence-electron chi connectivity index (χ1n) is 9.78. The lowest BCUT2D eigenvalue weighted by Gasteiger charge is -2.45. The number of hydrogen-bond acceptors (Lipinski definition) is 4. The minimum atomic E-state index is -4.36. The molecular weight excluding hydrogens is 401 g/mol. The lowest BCUT2D eigenvalue weighted by atomic mass is 9.82. The number of hydrogen-bond donors (Lipinski definition) is 1. The lowest BCUT2D eigenvalue weighted by molar-refractivity contribution is -0.144. The summed E-state index contributed by atoms with van der Waals surface area (Å²) in [6.45, 7) is 0.350. The normalized spacial score (nSPS) is 25.1. The summed E-state index contributed by atoms with van der Waals surface area (Å²) >= 11 is 1.44. The SMILES string of the molecule is O=C1C2CCCCC2NC(SCc2cccc(C(F)(F)F)c2)N1Cc1ccco1. The quantitative estimate of drug-likeness (QED) is 0.733. The number of carbonyl (C=O) groups is 1. The molecule has 156 valence electrons. The Morgan fingerprint density at radius 3 is 2.76 bits per heavy atom. The van der Waals surface area contributed by atoms with Crippen LogP contribution in [0.15, 0.2) is 47.1 Å². The van der Waals surface area contributed by atoms with Crippen LogP contribution in [0.1, 0.15) is 42.6 Å². The molecule has 29 heavy (non-hydrogen) atoms. The summed E-state index contributed by atoms with van der Waals surface area (Å²) in [5, 5.41) is 3.57. The van der Waals surface area contributed by atoms with E-state index in [0.29, 0.717) is 23.6 Å². The zero-order valence-electron chi connectivity index (χ0n) is 15.8. The predicted molar refractivity (Wildman–Crippen MR) is 105 cm³/mol. The number of nitrogens with zero attached hydrogens (tertiary/aromatic N) is 1. The van der Waals surface area contributed by atoms with Crippen LogP contribution in [0.5, 0.6) is 0 Å². The van der Waals surface area contributed by atoms with Crippen LogP contribution in [0.2, 0.25) is 0 Å². The van der Waals surface area contributed by atoms with E-state index in [9.17, 15) is 18.0 Å². The van der Waals surface area contributed by atoms with Crippen LogP contribution >= 0.6 is 11.8 Å². The number of alkyl halides is 3. The van der Waals surface area contributed by atoms with Crippen LogP contribution in [0.4, 0.5) is 13.2 Å². The Morgan fingerprint density at radius 1 is 1.17 bits per heavy atom. The summed E-state index contributed by atoms with van der Waals surface area (Å²) in [4.78, 5) is 14.9. The van der Waals surface area contributed by atoms with Crippen molar-refractivity contribution in [1.29, 1.82) is 0 Å². The molecule has 1 N–H and O–H groups in total. The summed E-state index contributed by atoms with van der Waals surface area (Å²) in [6.07, 6.45) is 1.17. The smallest absolute Gasteiger partial charge is 0.416 e. The molecule has 1 aromatic carbocycles. The molecule has 0 radical (unpaired) electrons. The largest absolute Gasteiger partial charge is 0.467 e. The number of furan rings is 1. The van der Waals surface area contributed by atoms with Crippen LogP contribution in [-0.2, 0) is 23.3 Å². The van der Waals surface area contributed by atoms with Crippen molar-refractivity contribution in [2.24, 2.45) is 5.92 Å². The van der Waals surface area contributed by atoms with Crippen molar-refractivity contribution < 1.29 is 22.4 Å². The van der Waals surface area contributed by atoms with Gasteiger partial charge in [-0.15, -0.1) is 11.8 Å². The monoisotopic (exact) mass is 424 g/mol. The third-order valence-corrected chi connectivity index (χ3v) is 6.78. The van der Waals surface area contributed by atoms with E-state index < -0.39 is 11.7 Å². The number of amides is 1. The first-order valence-corrected chi connectivity index (χ1v) is 10.8. The van der Waals surface area contributed by atoms with Gasteiger partial charge < -0.3 is 9.32 Å². The van der Waals surface area contributed by atoms with Gasteiger partial charge in [0, 0.05) is 11.8 Å². The second-order valence-electron chi connectivity index (χ2n) is 7.57. The molecule has 4 rings (SSSR count). The van der Waals surface area contributed by atoms with Gasteiger partial charge in [-0.1, -0.05) is 31.0 Å². The third-order valence-electron chi connectivity index (χ3n) is 5.57. The second kappa shape index (κ2) is 8.44. The maximum Gasteiger partial charge on any atom is 0.416 e. The molecule has 1 amide bonds. The standard InChI is InChI=1S/C21H23F3N2O2S/c22-21(23,24)15-6-3-5-14(11-15)13-29-20-25-18-9-2-1-8-17(18)19(27)26(20)12-16-7-4-10-28-16/h3-7,10-11,17-18,20,25H,1-2,8-9,12-13H2. The minimum absolute atomic E-state index is 0.0379. The Bertz CT molecular complexity index is 841. The highest BCUT2D eigenvalue weighted by Gasteiger charge is 2.42. The zero-order chi connectivity index (χ0) is 20.4. The van der Waals surface area contributed by atoms with E-state index in [-0.39, 0.29) is 23.4 Å². The highest BCUT2D eigenvalue weighted by atomic mass is 32.2. The summed E-state index contributed by atoms with van der Waals surface area (Å²) in [7, 11) is 0. The van der Waals surface area contributed by atoms with Crippen molar-refractivity contribution in [3.05, 3.63) is 59.5 Å². The van der Waals surface area contributed by atoms with Gasteiger partial charge in [-0.2, -0.15) is 13.2 Å². The molecule has 0 bridgehead atoms. The molecule has 8 heteroatoms. The van der Waals surface area contributed by atoms with Gasteiger partial charge in [0.05, 0.1) is 24.3 Å². The molecule has 4 nitrogen and oxygen atoms in total. The van der Waals surface area contributed by atoms with Crippen molar-refractivity contribution >= 4 is 17.7 Å². The van der Waals surface area contributed by atoms with Gasteiger partial charge in [0.15, 0.2) is 0 Å². The van der Waals surface area contributed by atoms with Gasteiger partial charge in [0.25, 0.3) is 0 Å². The number of rotatable bonds is 5. The van der Waals surface area contributed by atoms with Crippen LogP contribution in [0.3, 0.4) is 0 Å². The Balaban J connectivity index is 1.50. The molecule has 2 aromatic rings. The van der Waals surface area contributed by atoms with Gasteiger partial charge in [-0.3, -0.25) is 10.1 Å². The second-order valence-corrected chi connectivity index (χ2v) is 8.64. The van der Waals surface area contributed by atoms with E-state index in [0.717, 1.165) is 31.7 Å². The number of benzene rings is 1. The first-order chi connectivity index (χ1) is 13.9. The maximum absolute atomic E-state index is 13.2. The van der Waals surface area contributed by atoms with E-state index in [1.165, 1.54) is 23.9 Å². The molecule has 3 unspecified atom stereocenters. The molecule has 2 heterocycles. The average molecular weight is 424 g/mol. The summed E-state index contributed by atoms with van der Waals surface area (Å²) < 4.78 is 44.4. The molecule has 1 aliphatic carbocycles. The lowest BCUT2D eigenvalue weighted by Crippen LogP contribution is -2.62. The molecule has 1 saturated heterocycles. The molecular formula is C21H23F3N2O2S. The number of nitrogens with one attached hydrogen (secondary N) is 1. The van der Waals surface area contributed by atoms with Gasteiger partial charge in [0.1, 0.15) is 11.3 Å². The maximum atomic E-state index is 13.2. The summed E-state index contributed by atoms with van der Waals surface area (Å²) in [5.74, 6) is 1.13. The van der Waals surface area contributed by atoms with Gasteiger partial charge >= 0.3 is 6.18 Å². The zero-order valence-corrected chi connectivity index (χ0v) is 16.6. The van der Waals surface area contributed by atoms with Crippen molar-refractivity contribution in [3.63, 3.8) is 0 Å². The molecule has 1 aromatic heterocycles. The molecule has 2 fully saturated rings. The van der Waals surface area contributed by atoms with Crippen LogP contribution in [-0.4, -0.2) is 22.3 Å². The van der Waals surface area contributed by atoms with Crippen molar-refractivity contribution in [2.75, 3.05) is 0 Å². The van der Waals surface area contributed by atoms with Crippen LogP contribution < -0.4 is 5.32 Å². The minimum Gasteiger partial charge on any atom is -0.467 e. The highest BCUT2D eigenvalue weighted by molar-refractivity contribution is 7.99. The third kappa shape index (κ3) is 4.64. The fraction of sp³-hybridized carbons (Fsp3) is 0.476. The predicted octanol–water partition coefficient (Wildman–Crippen LogP) is 5.01. The fourth-order valence-electron chi connectivity index (χ4n) is 4.11. The first kappa shape index (κ1) is 20.3. The topological polar surface area (TPSA) is 45.5 Å². The van der Waals surface area contributed by atoms with E-state index >= 15 is 0 Å². The molecule has 2 aliphatic rings. The van der Waals surface area contributed by atoms with Crippen molar-refractivity contribution in [1.82, 2.24) is 10.2 Å². The number of carbonyl (C=O) groups excluding carboxylic acids is 1. The Hall–Kier alpha value is -1.93. The van der Waals surface area contributed by atoms with Gasteiger partial charge in [-0.25, -0.2) is 0 Å². The number of halogens is 3. The molecule has 0 spiro atoms. The van der Waals surface area contributed by atoms with E-state index in [4.69, 9.17) is 4.42 Å². The van der Waals surface area contributed by atoms with E-state index in [1.54, 1.807) is 23.3 Å². The molecule has 3 atom stereocenters. The van der Waals surface area contributed by atoms with E-state index in [2.05, 4.69) is 5.32 Å². The van der Waals surface area contributed by atoms with Crippen LogP contribution in [0.25, 0.3) is 0 Å². The molecule has 1 aliphatic heterocycles. The average Bonchev–Trinajstić information content (AvgIpc) is 3.22.